The van der Waals surface area contributed by atoms with Gasteiger partial charge in [-0.25, -0.2) is 0 Å². The Morgan fingerprint density at radius 3 is 2.47 bits per heavy atom. The first-order valence-electron chi connectivity index (χ1n) is 6.28. The van der Waals surface area contributed by atoms with Gasteiger partial charge in [0.15, 0.2) is 0 Å². The van der Waals surface area contributed by atoms with Gasteiger partial charge in [-0.2, -0.15) is 0 Å². The molecule has 1 aromatic rings. The molecule has 1 aromatic carbocycles. The fraction of sp³-hybridized carbons (Fsp3) is 0.429. The second-order valence-corrected chi connectivity index (χ2v) is 4.40. The third-order valence-electron chi connectivity index (χ3n) is 2.25. The fourth-order valence-electron chi connectivity index (χ4n) is 1.44. The molecule has 0 fully saturated rings. The van der Waals surface area contributed by atoms with Crippen LogP contribution < -0.4 is 10.6 Å². The molecule has 0 atom stereocenters. The normalized spacial score (nSPS) is 10.3. The van der Waals surface area contributed by atoms with E-state index in [1.807, 2.05) is 30.3 Å². The highest BCUT2D eigenvalue weighted by Gasteiger charge is 2.06. The van der Waals surface area contributed by atoms with E-state index in [0.29, 0.717) is 6.54 Å². The van der Waals surface area contributed by atoms with Crippen LogP contribution >= 0.6 is 0 Å². The molecule has 5 heteroatoms. The van der Waals surface area contributed by atoms with Gasteiger partial charge in [0.25, 0.3) is 0 Å². The van der Waals surface area contributed by atoms with E-state index in [-0.39, 0.29) is 31.1 Å². The van der Waals surface area contributed by atoms with Gasteiger partial charge in [0.1, 0.15) is 0 Å². The predicted molar refractivity (Wildman–Crippen MR) is 72.4 cm³/mol. The molecule has 0 spiro atoms. The van der Waals surface area contributed by atoms with E-state index in [1.165, 1.54) is 0 Å². The Hall–Kier alpha value is -1.88. The summed E-state index contributed by atoms with van der Waals surface area (Å²) in [5, 5.41) is 5.50. The van der Waals surface area contributed by atoms with Gasteiger partial charge in [-0.05, 0) is 19.4 Å². The molecule has 2 N–H and O–H groups in total. The lowest BCUT2D eigenvalue weighted by Gasteiger charge is -2.09. The lowest BCUT2D eigenvalue weighted by Crippen LogP contribution is -2.36. The highest BCUT2D eigenvalue weighted by atomic mass is 16.5. The zero-order valence-electron chi connectivity index (χ0n) is 11.3. The van der Waals surface area contributed by atoms with Crippen LogP contribution in [-0.2, 0) is 20.9 Å². The third kappa shape index (κ3) is 7.21. The molecule has 0 saturated heterocycles. The quantitative estimate of drug-likeness (QED) is 0.716. The predicted octanol–water partition coefficient (Wildman–Crippen LogP) is 0.844. The highest BCUT2D eigenvalue weighted by Crippen LogP contribution is 1.96. The van der Waals surface area contributed by atoms with Crippen molar-refractivity contribution in [3.63, 3.8) is 0 Å². The Balaban J connectivity index is 2.13. The molecule has 0 aliphatic heterocycles. The molecule has 0 radical (unpaired) electrons. The van der Waals surface area contributed by atoms with Crippen LogP contribution in [0.3, 0.4) is 0 Å². The molecule has 1 amide bonds. The number of amides is 1. The van der Waals surface area contributed by atoms with Crippen LogP contribution in [-0.4, -0.2) is 31.1 Å². The van der Waals surface area contributed by atoms with Crippen LogP contribution in [0, 0.1) is 0 Å². The average Bonchev–Trinajstić information content (AvgIpc) is 2.36. The molecule has 0 heterocycles. The number of benzene rings is 1. The number of hydrogen-bond acceptors (Lipinski definition) is 4. The van der Waals surface area contributed by atoms with Crippen molar-refractivity contribution >= 4 is 11.9 Å². The summed E-state index contributed by atoms with van der Waals surface area (Å²) in [5.41, 5.74) is 1.04. The smallest absolute Gasteiger partial charge is 0.320 e. The number of hydrogen-bond donors (Lipinski definition) is 2. The van der Waals surface area contributed by atoms with Gasteiger partial charge in [-0.15, -0.1) is 0 Å². The van der Waals surface area contributed by atoms with Gasteiger partial charge < -0.3 is 10.1 Å². The molecule has 0 unspecified atom stereocenters. The molecule has 0 aliphatic carbocycles. The topological polar surface area (TPSA) is 67.4 Å². The molecule has 0 saturated carbocycles. The number of ether oxygens (including phenoxy) is 1. The number of nitrogens with one attached hydrogen (secondary N) is 2. The van der Waals surface area contributed by atoms with Gasteiger partial charge in [-0.3, -0.25) is 14.9 Å². The van der Waals surface area contributed by atoms with Gasteiger partial charge >= 0.3 is 5.97 Å². The second kappa shape index (κ2) is 8.26. The Kier molecular flexibility index (Phi) is 6.60. The van der Waals surface area contributed by atoms with Crippen molar-refractivity contribution in [2.75, 3.05) is 13.1 Å². The number of carbonyl (C=O) groups excluding carboxylic acids is 2. The number of rotatable bonds is 7. The molecule has 0 bridgehead atoms. The van der Waals surface area contributed by atoms with Crippen molar-refractivity contribution in [3.8, 4) is 0 Å². The van der Waals surface area contributed by atoms with E-state index >= 15 is 0 Å². The Bertz CT molecular complexity index is 404. The summed E-state index contributed by atoms with van der Waals surface area (Å²) < 4.78 is 4.93. The minimum Gasteiger partial charge on any atom is -0.462 e. The standard InChI is InChI=1S/C14H20N2O3/c1-11(2)19-14(18)10-15-9-13(17)16-8-12-6-4-3-5-7-12/h3-7,11,15H,8-10H2,1-2H3,(H,16,17). The Morgan fingerprint density at radius 1 is 1.16 bits per heavy atom. The number of esters is 1. The Morgan fingerprint density at radius 2 is 1.84 bits per heavy atom. The zero-order valence-corrected chi connectivity index (χ0v) is 11.3. The SMILES string of the molecule is CC(C)OC(=O)CNCC(=O)NCc1ccccc1. The second-order valence-electron chi connectivity index (χ2n) is 4.40. The van der Waals surface area contributed by atoms with E-state index in [9.17, 15) is 9.59 Å². The molecule has 1 rings (SSSR count). The molecule has 0 aromatic heterocycles. The van der Waals surface area contributed by atoms with Crippen LogP contribution in [0.2, 0.25) is 0 Å². The molecule has 0 aliphatic rings. The van der Waals surface area contributed by atoms with Crippen molar-refractivity contribution in [1.29, 1.82) is 0 Å². The lowest BCUT2D eigenvalue weighted by molar-refractivity contribution is -0.146. The van der Waals surface area contributed by atoms with E-state index in [1.54, 1.807) is 13.8 Å². The Labute approximate surface area is 113 Å². The minimum absolute atomic E-state index is 0.0386. The molecular formula is C14H20N2O3. The minimum atomic E-state index is -0.356. The fourth-order valence-corrected chi connectivity index (χ4v) is 1.44. The van der Waals surface area contributed by atoms with Crippen molar-refractivity contribution in [3.05, 3.63) is 35.9 Å². The summed E-state index contributed by atoms with van der Waals surface area (Å²) in [6, 6.07) is 9.64. The molecule has 19 heavy (non-hydrogen) atoms. The summed E-state index contributed by atoms with van der Waals surface area (Å²) in [7, 11) is 0. The van der Waals surface area contributed by atoms with Crippen LogP contribution in [0.1, 0.15) is 19.4 Å². The first-order valence-corrected chi connectivity index (χ1v) is 6.28. The van der Waals surface area contributed by atoms with Gasteiger partial charge in [0.05, 0.1) is 19.2 Å². The van der Waals surface area contributed by atoms with Crippen LogP contribution in [0.15, 0.2) is 30.3 Å². The van der Waals surface area contributed by atoms with E-state index in [2.05, 4.69) is 10.6 Å². The largest absolute Gasteiger partial charge is 0.462 e. The molecule has 104 valence electrons. The maximum atomic E-state index is 11.5. The van der Waals surface area contributed by atoms with Gasteiger partial charge in [0.2, 0.25) is 5.91 Å². The van der Waals surface area contributed by atoms with Crippen LogP contribution in [0.5, 0.6) is 0 Å². The molecule has 5 nitrogen and oxygen atoms in total. The van der Waals surface area contributed by atoms with Gasteiger partial charge in [0, 0.05) is 6.54 Å². The summed E-state index contributed by atoms with van der Waals surface area (Å²) in [6.45, 7) is 4.18. The maximum absolute atomic E-state index is 11.5. The average molecular weight is 264 g/mol. The van der Waals surface area contributed by atoms with Gasteiger partial charge in [-0.1, -0.05) is 30.3 Å². The third-order valence-corrected chi connectivity index (χ3v) is 2.25. The number of carbonyl (C=O) groups is 2. The van der Waals surface area contributed by atoms with Crippen LogP contribution in [0.25, 0.3) is 0 Å². The summed E-state index contributed by atoms with van der Waals surface area (Å²) in [4.78, 5) is 22.7. The monoisotopic (exact) mass is 264 g/mol. The zero-order chi connectivity index (χ0) is 14.1. The van der Waals surface area contributed by atoms with E-state index in [4.69, 9.17) is 4.74 Å². The van der Waals surface area contributed by atoms with Crippen molar-refractivity contribution < 1.29 is 14.3 Å². The van der Waals surface area contributed by atoms with Crippen molar-refractivity contribution in [2.45, 2.75) is 26.5 Å². The molecular weight excluding hydrogens is 244 g/mol. The summed E-state index contributed by atoms with van der Waals surface area (Å²) in [6.07, 6.45) is -0.138. The van der Waals surface area contributed by atoms with E-state index < -0.39 is 0 Å². The first kappa shape index (κ1) is 15.2. The highest BCUT2D eigenvalue weighted by molar-refractivity contribution is 5.79. The van der Waals surface area contributed by atoms with Crippen molar-refractivity contribution in [2.24, 2.45) is 0 Å². The summed E-state index contributed by atoms with van der Waals surface area (Å²) in [5.74, 6) is -0.507. The van der Waals surface area contributed by atoms with E-state index in [0.717, 1.165) is 5.56 Å². The summed E-state index contributed by atoms with van der Waals surface area (Å²) >= 11 is 0. The van der Waals surface area contributed by atoms with Crippen molar-refractivity contribution in [1.82, 2.24) is 10.6 Å². The lowest BCUT2D eigenvalue weighted by atomic mass is 10.2. The van der Waals surface area contributed by atoms with Crippen LogP contribution in [0.4, 0.5) is 0 Å². The maximum Gasteiger partial charge on any atom is 0.320 e. The first-order chi connectivity index (χ1) is 9.08.